The smallest absolute Gasteiger partial charge is 0.407 e. The molecular weight excluding hydrogens is 426 g/mol. The zero-order valence-corrected chi connectivity index (χ0v) is 17.7. The van der Waals surface area contributed by atoms with Crippen molar-refractivity contribution in [1.82, 2.24) is 9.88 Å². The van der Waals surface area contributed by atoms with Crippen LogP contribution in [-0.2, 0) is 4.74 Å². The summed E-state index contributed by atoms with van der Waals surface area (Å²) in [5.74, 6) is -3.67. The number of nitrogens with zero attached hydrogens (tertiary/aromatic N) is 2. The maximum absolute atomic E-state index is 15.9. The van der Waals surface area contributed by atoms with Gasteiger partial charge < -0.3 is 30.4 Å². The lowest BCUT2D eigenvalue weighted by molar-refractivity contribution is 0.0694. The second-order valence-corrected chi connectivity index (χ2v) is 8.25. The summed E-state index contributed by atoms with van der Waals surface area (Å²) in [4.78, 5) is 37.4. The Morgan fingerprint density at radius 1 is 1.28 bits per heavy atom. The molecule has 0 unspecified atom stereocenters. The molecule has 1 aromatic carbocycles. The Morgan fingerprint density at radius 3 is 2.53 bits per heavy atom. The number of nitrogen functional groups attached to an aromatic ring is 1. The van der Waals surface area contributed by atoms with Crippen LogP contribution in [0.5, 0.6) is 0 Å². The number of benzene rings is 1. The van der Waals surface area contributed by atoms with E-state index in [1.165, 1.54) is 16.6 Å². The van der Waals surface area contributed by atoms with Crippen LogP contribution in [0.15, 0.2) is 11.0 Å². The van der Waals surface area contributed by atoms with Crippen LogP contribution in [0.1, 0.15) is 42.6 Å². The number of ether oxygens (including phenoxy) is 1. The highest BCUT2D eigenvalue weighted by atomic mass is 19.1. The Balaban J connectivity index is 1.90. The van der Waals surface area contributed by atoms with E-state index in [1.54, 1.807) is 0 Å². The number of carboxylic acid groups (broad SMARTS) is 1. The van der Waals surface area contributed by atoms with Crippen molar-refractivity contribution in [2.75, 3.05) is 30.8 Å². The van der Waals surface area contributed by atoms with Crippen LogP contribution in [0.4, 0.5) is 25.0 Å². The molecule has 2 aromatic rings. The van der Waals surface area contributed by atoms with Gasteiger partial charge in [0.2, 0.25) is 5.43 Å². The zero-order chi connectivity index (χ0) is 23.3. The summed E-state index contributed by atoms with van der Waals surface area (Å²) in [6.45, 7) is 2.28. The normalized spacial score (nSPS) is 20.6. The number of fused-ring (bicyclic) bond motifs is 1. The number of methoxy groups -OCH3 is 1. The molecule has 1 aliphatic heterocycles. The molecule has 2 fully saturated rings. The monoisotopic (exact) mass is 450 g/mol. The first-order valence-electron chi connectivity index (χ1n) is 10.4. The van der Waals surface area contributed by atoms with Crippen molar-refractivity contribution >= 4 is 34.3 Å². The van der Waals surface area contributed by atoms with Crippen molar-refractivity contribution in [3.8, 4) is 0 Å². The maximum Gasteiger partial charge on any atom is 0.407 e. The topological polar surface area (TPSA) is 127 Å². The molecule has 32 heavy (non-hydrogen) atoms. The average molecular weight is 450 g/mol. The number of aromatic nitrogens is 1. The Labute approximate surface area is 181 Å². The highest BCUT2D eigenvalue weighted by molar-refractivity contribution is 5.99. The van der Waals surface area contributed by atoms with E-state index in [0.717, 1.165) is 6.20 Å². The van der Waals surface area contributed by atoms with Gasteiger partial charge in [0.25, 0.3) is 0 Å². The fourth-order valence-electron chi connectivity index (χ4n) is 4.46. The van der Waals surface area contributed by atoms with E-state index in [1.807, 2.05) is 6.92 Å². The van der Waals surface area contributed by atoms with Crippen LogP contribution >= 0.6 is 0 Å². The number of hydrogen-bond acceptors (Lipinski definition) is 6. The summed E-state index contributed by atoms with van der Waals surface area (Å²) in [7, 11) is 1.23. The fraction of sp³-hybridized carbons (Fsp3) is 0.476. The highest BCUT2D eigenvalue weighted by Crippen LogP contribution is 2.42. The number of rotatable bonds is 5. The minimum atomic E-state index is -1.49. The molecule has 2 heterocycles. The van der Waals surface area contributed by atoms with Gasteiger partial charge in [0.1, 0.15) is 11.3 Å². The third kappa shape index (κ3) is 3.41. The molecule has 0 bridgehead atoms. The van der Waals surface area contributed by atoms with E-state index >= 15 is 8.78 Å². The van der Waals surface area contributed by atoms with Crippen LogP contribution in [0.2, 0.25) is 0 Å². The lowest BCUT2D eigenvalue weighted by Gasteiger charge is -2.23. The molecule has 1 amide bonds. The van der Waals surface area contributed by atoms with E-state index < -0.39 is 51.8 Å². The van der Waals surface area contributed by atoms with E-state index in [4.69, 9.17) is 5.73 Å². The molecule has 2 atom stereocenters. The molecule has 4 rings (SSSR count). The number of carbonyl (C=O) groups excluding carboxylic acids is 1. The standard InChI is InChI=1S/C21H24F2N4O5/c1-3-9-6-26(8-12(9)25-21(31)32-2)18-14(22)16(24)13-17(15(18)23)27(10-4-5-10)7-11(19(13)28)20(29)30/h7,9-10,12H,3-6,8,24H2,1-2H3,(H,25,31)(H,29,30)/t9-,12-/m1/s1. The molecule has 0 spiro atoms. The number of anilines is 2. The largest absolute Gasteiger partial charge is 0.477 e. The quantitative estimate of drug-likeness (QED) is 0.597. The second-order valence-electron chi connectivity index (χ2n) is 8.25. The first-order valence-corrected chi connectivity index (χ1v) is 10.4. The fourth-order valence-corrected chi connectivity index (χ4v) is 4.46. The first kappa shape index (κ1) is 21.8. The number of nitrogens with one attached hydrogen (secondary N) is 1. The Hall–Kier alpha value is -3.37. The van der Waals surface area contributed by atoms with E-state index in [2.05, 4.69) is 10.1 Å². The van der Waals surface area contributed by atoms with Gasteiger partial charge in [-0.05, 0) is 25.2 Å². The summed E-state index contributed by atoms with van der Waals surface area (Å²) in [6.07, 6.45) is 2.46. The number of amides is 1. The minimum Gasteiger partial charge on any atom is -0.477 e. The summed E-state index contributed by atoms with van der Waals surface area (Å²) in [6, 6.07) is -0.595. The van der Waals surface area contributed by atoms with Gasteiger partial charge in [-0.1, -0.05) is 6.92 Å². The summed E-state index contributed by atoms with van der Waals surface area (Å²) >= 11 is 0. The Bertz CT molecular complexity index is 1180. The molecule has 9 nitrogen and oxygen atoms in total. The third-order valence-corrected chi connectivity index (χ3v) is 6.31. The molecule has 1 aliphatic carbocycles. The van der Waals surface area contributed by atoms with E-state index in [-0.39, 0.29) is 36.3 Å². The molecule has 1 saturated heterocycles. The number of aromatic carboxylic acids is 1. The summed E-state index contributed by atoms with van der Waals surface area (Å²) in [5, 5.41) is 11.6. The number of nitrogens with two attached hydrogens (primary N) is 1. The SMILES string of the molecule is CC[C@@H]1CN(c2c(F)c(N)c3c(=O)c(C(=O)O)cn(C4CC4)c3c2F)C[C@H]1NC(=O)OC. The average Bonchev–Trinajstić information content (AvgIpc) is 3.52. The van der Waals surface area contributed by atoms with Crippen molar-refractivity contribution in [2.24, 2.45) is 5.92 Å². The van der Waals surface area contributed by atoms with Gasteiger partial charge in [-0.15, -0.1) is 0 Å². The zero-order valence-electron chi connectivity index (χ0n) is 17.7. The minimum absolute atomic E-state index is 0.0927. The van der Waals surface area contributed by atoms with Crippen LogP contribution < -0.4 is 21.4 Å². The number of halogens is 2. The molecular formula is C21H24F2N4O5. The van der Waals surface area contributed by atoms with Gasteiger partial charge in [0.15, 0.2) is 11.6 Å². The Kier molecular flexibility index (Phi) is 5.43. The van der Waals surface area contributed by atoms with Crippen molar-refractivity contribution in [2.45, 2.75) is 38.3 Å². The lowest BCUT2D eigenvalue weighted by Crippen LogP contribution is -2.40. The van der Waals surface area contributed by atoms with Crippen LogP contribution in [0.3, 0.4) is 0 Å². The molecule has 172 valence electrons. The lowest BCUT2D eigenvalue weighted by atomic mass is 10.0. The first-order chi connectivity index (χ1) is 15.2. The van der Waals surface area contributed by atoms with Gasteiger partial charge in [-0.25, -0.2) is 18.4 Å². The van der Waals surface area contributed by atoms with E-state index in [9.17, 15) is 19.5 Å². The van der Waals surface area contributed by atoms with Crippen LogP contribution in [-0.4, -0.2) is 48.0 Å². The van der Waals surface area contributed by atoms with Gasteiger partial charge in [-0.2, -0.15) is 0 Å². The number of pyridine rings is 1. The number of alkyl carbamates (subject to hydrolysis) is 1. The molecule has 0 radical (unpaired) electrons. The van der Waals surface area contributed by atoms with Gasteiger partial charge in [0, 0.05) is 25.3 Å². The Morgan fingerprint density at radius 2 is 1.97 bits per heavy atom. The van der Waals surface area contributed by atoms with Crippen LogP contribution in [0, 0.1) is 17.6 Å². The number of carboxylic acids is 1. The third-order valence-electron chi connectivity index (χ3n) is 6.31. The highest BCUT2D eigenvalue weighted by Gasteiger charge is 2.38. The van der Waals surface area contributed by atoms with Crippen molar-refractivity contribution in [1.29, 1.82) is 0 Å². The van der Waals surface area contributed by atoms with Crippen molar-refractivity contribution in [3.63, 3.8) is 0 Å². The predicted molar refractivity (Wildman–Crippen MR) is 113 cm³/mol. The van der Waals surface area contributed by atoms with Crippen LogP contribution in [0.25, 0.3) is 10.9 Å². The number of hydrogen-bond donors (Lipinski definition) is 3. The van der Waals surface area contributed by atoms with Crippen molar-refractivity contribution in [3.05, 3.63) is 33.6 Å². The van der Waals surface area contributed by atoms with Gasteiger partial charge in [-0.3, -0.25) is 4.79 Å². The molecule has 11 heteroatoms. The van der Waals surface area contributed by atoms with Crippen molar-refractivity contribution < 1.29 is 28.2 Å². The molecule has 2 aliphatic rings. The molecule has 4 N–H and O–H groups in total. The summed E-state index contributed by atoms with van der Waals surface area (Å²) in [5.41, 5.74) is 3.17. The predicted octanol–water partition coefficient (Wildman–Crippen LogP) is 2.47. The van der Waals surface area contributed by atoms with Gasteiger partial charge >= 0.3 is 12.1 Å². The molecule has 1 aromatic heterocycles. The van der Waals surface area contributed by atoms with E-state index in [0.29, 0.717) is 19.3 Å². The molecule has 1 saturated carbocycles. The number of carbonyl (C=O) groups is 2. The maximum atomic E-state index is 15.9. The second kappa shape index (κ2) is 7.95. The summed E-state index contributed by atoms with van der Waals surface area (Å²) < 4.78 is 37.3. The van der Waals surface area contributed by atoms with Gasteiger partial charge in [0.05, 0.1) is 29.7 Å².